The van der Waals surface area contributed by atoms with E-state index < -0.39 is 36.1 Å². The SMILES string of the molecule is CC(=O)Oc1cc(OC(C)=O)c2c(c1Cl)C[C@@H](OC(C)=O)/C=C/CC[C@@H]1O[C@H]1C[C@@H](C)OC2=O. The molecular weight excluding hydrogens is 468 g/mol. The smallest absolute Gasteiger partial charge is 0.342 e. The first-order valence-electron chi connectivity index (χ1n) is 11.0. The van der Waals surface area contributed by atoms with Gasteiger partial charge in [-0.1, -0.05) is 17.7 Å². The minimum absolute atomic E-state index is 0.0225. The van der Waals surface area contributed by atoms with Crippen LogP contribution < -0.4 is 9.47 Å². The summed E-state index contributed by atoms with van der Waals surface area (Å²) in [5.74, 6) is -2.97. The van der Waals surface area contributed by atoms with Crippen molar-refractivity contribution in [3.05, 3.63) is 34.4 Å². The van der Waals surface area contributed by atoms with Crippen LogP contribution in [-0.2, 0) is 35.0 Å². The molecule has 0 spiro atoms. The summed E-state index contributed by atoms with van der Waals surface area (Å²) in [7, 11) is 0. The molecule has 0 saturated carbocycles. The van der Waals surface area contributed by atoms with E-state index in [4.69, 9.17) is 35.3 Å². The summed E-state index contributed by atoms with van der Waals surface area (Å²) in [5.41, 5.74) is 0.0428. The number of fused-ring (bicyclic) bond motifs is 2. The largest absolute Gasteiger partial charge is 0.459 e. The van der Waals surface area contributed by atoms with Crippen molar-refractivity contribution >= 4 is 35.5 Å². The van der Waals surface area contributed by atoms with Crippen LogP contribution in [0.2, 0.25) is 5.02 Å². The van der Waals surface area contributed by atoms with Crippen LogP contribution in [0.3, 0.4) is 0 Å². The zero-order valence-corrected chi connectivity index (χ0v) is 20.2. The summed E-state index contributed by atoms with van der Waals surface area (Å²) in [6.45, 7) is 5.35. The highest BCUT2D eigenvalue weighted by atomic mass is 35.5. The van der Waals surface area contributed by atoms with Crippen LogP contribution in [-0.4, -0.2) is 48.3 Å². The minimum Gasteiger partial charge on any atom is -0.459 e. The Morgan fingerprint density at radius 2 is 1.71 bits per heavy atom. The van der Waals surface area contributed by atoms with Crippen LogP contribution in [0.15, 0.2) is 18.2 Å². The Balaban J connectivity index is 2.14. The molecule has 1 aromatic carbocycles. The molecule has 2 aliphatic heterocycles. The van der Waals surface area contributed by atoms with E-state index in [1.807, 2.05) is 6.08 Å². The van der Waals surface area contributed by atoms with E-state index in [2.05, 4.69) is 0 Å². The molecule has 2 heterocycles. The highest BCUT2D eigenvalue weighted by molar-refractivity contribution is 6.33. The first-order chi connectivity index (χ1) is 16.0. The third-order valence-corrected chi connectivity index (χ3v) is 5.67. The molecule has 1 aromatic rings. The summed E-state index contributed by atoms with van der Waals surface area (Å²) in [4.78, 5) is 48.4. The molecule has 3 rings (SSSR count). The second-order valence-electron chi connectivity index (χ2n) is 8.25. The molecular formula is C24H27ClO9. The minimum atomic E-state index is -0.796. The van der Waals surface area contributed by atoms with Gasteiger partial charge >= 0.3 is 23.9 Å². The van der Waals surface area contributed by atoms with Crippen LogP contribution in [0.25, 0.3) is 0 Å². The van der Waals surface area contributed by atoms with Gasteiger partial charge in [0.2, 0.25) is 0 Å². The first kappa shape index (κ1) is 25.7. The number of halogens is 1. The normalized spacial score (nSPS) is 25.5. The highest BCUT2D eigenvalue weighted by Gasteiger charge is 2.40. The van der Waals surface area contributed by atoms with Gasteiger partial charge in [-0.3, -0.25) is 14.4 Å². The van der Waals surface area contributed by atoms with E-state index in [0.29, 0.717) is 12.8 Å². The molecule has 0 aliphatic carbocycles. The lowest BCUT2D eigenvalue weighted by Crippen LogP contribution is -2.23. The lowest BCUT2D eigenvalue weighted by atomic mass is 9.98. The Hall–Kier alpha value is -2.91. The van der Waals surface area contributed by atoms with Gasteiger partial charge in [-0.25, -0.2) is 4.79 Å². The van der Waals surface area contributed by atoms with E-state index in [1.54, 1.807) is 13.0 Å². The number of carbonyl (C=O) groups is 4. The number of hydrogen-bond donors (Lipinski definition) is 0. The molecule has 1 saturated heterocycles. The van der Waals surface area contributed by atoms with Gasteiger partial charge < -0.3 is 23.7 Å². The van der Waals surface area contributed by atoms with Crippen molar-refractivity contribution in [2.24, 2.45) is 0 Å². The molecule has 9 nitrogen and oxygen atoms in total. The van der Waals surface area contributed by atoms with Crippen LogP contribution in [0.5, 0.6) is 11.5 Å². The number of ether oxygens (including phenoxy) is 5. The predicted molar refractivity (Wildman–Crippen MR) is 120 cm³/mol. The summed E-state index contributed by atoms with van der Waals surface area (Å²) in [5, 5.41) is -0.0612. The average Bonchev–Trinajstić information content (AvgIpc) is 3.43. The molecule has 10 heteroatoms. The first-order valence-corrected chi connectivity index (χ1v) is 11.4. The van der Waals surface area contributed by atoms with Crippen molar-refractivity contribution in [3.8, 4) is 11.5 Å². The number of carbonyl (C=O) groups excluding carboxylic acids is 4. The Bertz CT molecular complexity index is 1020. The molecule has 34 heavy (non-hydrogen) atoms. The number of benzene rings is 1. The molecule has 184 valence electrons. The van der Waals surface area contributed by atoms with Gasteiger partial charge in [-0.05, 0) is 31.4 Å². The van der Waals surface area contributed by atoms with Gasteiger partial charge in [0.15, 0.2) is 5.75 Å². The van der Waals surface area contributed by atoms with Gasteiger partial charge in [0.1, 0.15) is 23.5 Å². The molecule has 0 amide bonds. The fraction of sp³-hybridized carbons (Fsp3) is 0.500. The quantitative estimate of drug-likeness (QED) is 0.268. The van der Waals surface area contributed by atoms with Gasteiger partial charge in [-0.15, -0.1) is 0 Å². The molecule has 2 aliphatic rings. The van der Waals surface area contributed by atoms with Gasteiger partial charge in [0, 0.05) is 39.7 Å². The molecule has 0 N–H and O–H groups in total. The van der Waals surface area contributed by atoms with Crippen molar-refractivity contribution in [2.45, 2.75) is 77.8 Å². The number of rotatable bonds is 3. The maximum atomic E-state index is 13.3. The summed E-state index contributed by atoms with van der Waals surface area (Å²) in [6.07, 6.45) is 4.26. The number of allylic oxidation sites excluding steroid dienone is 1. The summed E-state index contributed by atoms with van der Waals surface area (Å²) >= 11 is 6.55. The Morgan fingerprint density at radius 1 is 1.03 bits per heavy atom. The monoisotopic (exact) mass is 494 g/mol. The molecule has 0 unspecified atom stereocenters. The Morgan fingerprint density at radius 3 is 2.35 bits per heavy atom. The lowest BCUT2D eigenvalue weighted by Gasteiger charge is -2.22. The second-order valence-corrected chi connectivity index (χ2v) is 8.63. The molecule has 4 atom stereocenters. The van der Waals surface area contributed by atoms with Crippen LogP contribution >= 0.6 is 11.6 Å². The summed E-state index contributed by atoms with van der Waals surface area (Å²) in [6, 6.07) is 1.19. The maximum absolute atomic E-state index is 13.3. The lowest BCUT2D eigenvalue weighted by molar-refractivity contribution is -0.144. The fourth-order valence-electron chi connectivity index (χ4n) is 3.87. The van der Waals surface area contributed by atoms with Gasteiger partial charge in [0.25, 0.3) is 0 Å². The molecule has 0 bridgehead atoms. The molecule has 0 radical (unpaired) electrons. The van der Waals surface area contributed by atoms with E-state index in [0.717, 1.165) is 6.42 Å². The highest BCUT2D eigenvalue weighted by Crippen LogP contribution is 2.40. The standard InChI is InChI=1S/C24H27ClO9/c1-12-9-19-18(34-19)8-6-5-7-16(31-13(2)26)10-17-22(24(29)30-12)20(32-14(3)27)11-21(23(17)25)33-15(4)28/h5,7,11-12,16,18-19H,6,8-10H2,1-4H3/b7-5+/t12-,16+,18+,19+/m1/s1. The molecule has 1 fully saturated rings. The van der Waals surface area contributed by atoms with Crippen LogP contribution in [0.1, 0.15) is 62.9 Å². The number of hydrogen-bond acceptors (Lipinski definition) is 9. The average molecular weight is 495 g/mol. The van der Waals surface area contributed by atoms with E-state index in [1.165, 1.54) is 26.8 Å². The van der Waals surface area contributed by atoms with Crippen molar-refractivity contribution in [2.75, 3.05) is 0 Å². The number of epoxide rings is 1. The third-order valence-electron chi connectivity index (χ3n) is 5.25. The Labute approximate surface area is 202 Å². The maximum Gasteiger partial charge on any atom is 0.342 e. The zero-order chi connectivity index (χ0) is 25.0. The Kier molecular flexibility index (Phi) is 8.33. The summed E-state index contributed by atoms with van der Waals surface area (Å²) < 4.78 is 27.2. The van der Waals surface area contributed by atoms with E-state index in [-0.39, 0.29) is 46.3 Å². The van der Waals surface area contributed by atoms with E-state index in [9.17, 15) is 19.2 Å². The third kappa shape index (κ3) is 6.80. The second kappa shape index (κ2) is 11.0. The van der Waals surface area contributed by atoms with E-state index >= 15 is 0 Å². The van der Waals surface area contributed by atoms with Crippen molar-refractivity contribution in [1.82, 2.24) is 0 Å². The predicted octanol–water partition coefficient (Wildman–Crippen LogP) is 3.72. The van der Waals surface area contributed by atoms with Gasteiger partial charge in [-0.2, -0.15) is 0 Å². The number of cyclic esters (lactones) is 1. The topological polar surface area (TPSA) is 118 Å². The van der Waals surface area contributed by atoms with Crippen molar-refractivity contribution in [1.29, 1.82) is 0 Å². The van der Waals surface area contributed by atoms with Gasteiger partial charge in [0.05, 0.1) is 17.2 Å². The molecule has 0 aromatic heterocycles. The van der Waals surface area contributed by atoms with Crippen LogP contribution in [0.4, 0.5) is 0 Å². The van der Waals surface area contributed by atoms with Crippen LogP contribution in [0, 0.1) is 0 Å². The fourth-order valence-corrected chi connectivity index (χ4v) is 4.14. The zero-order valence-electron chi connectivity index (χ0n) is 19.4. The van der Waals surface area contributed by atoms with Crippen molar-refractivity contribution in [3.63, 3.8) is 0 Å². The van der Waals surface area contributed by atoms with Crippen molar-refractivity contribution < 1.29 is 42.9 Å². The number of esters is 4.